The van der Waals surface area contributed by atoms with E-state index >= 15 is 0 Å². The average molecular weight is 543 g/mol. The molecule has 4 rings (SSSR count). The molecule has 0 spiro atoms. The summed E-state index contributed by atoms with van der Waals surface area (Å²) in [6.45, 7) is 6.08. The molecular weight excluding hydrogens is 496 g/mol. The highest BCUT2D eigenvalue weighted by Gasteiger charge is 2.03. The zero-order valence-corrected chi connectivity index (χ0v) is 24.4. The first kappa shape index (κ1) is 31.2. The van der Waals surface area contributed by atoms with Crippen molar-refractivity contribution in [1.29, 1.82) is 0 Å². The summed E-state index contributed by atoms with van der Waals surface area (Å²) in [7, 11) is 0. The van der Waals surface area contributed by atoms with E-state index in [9.17, 15) is 9.90 Å². The van der Waals surface area contributed by atoms with Crippen LogP contribution in [-0.4, -0.2) is 24.6 Å². The lowest BCUT2D eigenvalue weighted by Gasteiger charge is -2.09. The Morgan fingerprint density at radius 2 is 1.15 bits per heavy atom. The van der Waals surface area contributed by atoms with Crippen LogP contribution in [0, 0.1) is 0 Å². The molecular formula is C36H46O4. The van der Waals surface area contributed by atoms with Gasteiger partial charge in [-0.1, -0.05) is 108 Å². The number of carbonyl (C=O) groups excluding carboxylic acids is 1. The third kappa shape index (κ3) is 9.98. The Kier molecular flexibility index (Phi) is 14.1. The zero-order chi connectivity index (χ0) is 28.4. The molecule has 1 N–H and O–H groups in total. The van der Waals surface area contributed by atoms with Gasteiger partial charge >= 0.3 is 0 Å². The standard InChI is InChI=1S/C18H24O2.C18H22O2/c2*1-2-3-4-5-6-12-20-17-10-11-18-15(13-17)8-7-9-16(18)14-19/h7-11,13,19H,2-6,12,14H2,1H3;7-11,13-14H,2-6,12H2,1H3. The van der Waals surface area contributed by atoms with Gasteiger partial charge < -0.3 is 14.6 Å². The number of unbranched alkanes of at least 4 members (excludes halogenated alkanes) is 8. The minimum atomic E-state index is 0.0783. The molecule has 0 radical (unpaired) electrons. The predicted octanol–water partition coefficient (Wildman–Crippen LogP) is 9.68. The van der Waals surface area contributed by atoms with Gasteiger partial charge in [0.1, 0.15) is 11.5 Å². The van der Waals surface area contributed by atoms with Gasteiger partial charge in [0.05, 0.1) is 19.8 Å². The molecule has 0 heterocycles. The molecule has 0 saturated heterocycles. The van der Waals surface area contributed by atoms with Gasteiger partial charge in [0.2, 0.25) is 0 Å². The lowest BCUT2D eigenvalue weighted by Crippen LogP contribution is -1.97. The van der Waals surface area contributed by atoms with Gasteiger partial charge in [-0.15, -0.1) is 0 Å². The van der Waals surface area contributed by atoms with E-state index in [1.807, 2.05) is 60.7 Å². The van der Waals surface area contributed by atoms with Crippen molar-refractivity contribution in [2.45, 2.75) is 84.7 Å². The van der Waals surface area contributed by atoms with E-state index in [0.29, 0.717) is 0 Å². The van der Waals surface area contributed by atoms with Gasteiger partial charge in [0.25, 0.3) is 0 Å². The second kappa shape index (κ2) is 18.1. The van der Waals surface area contributed by atoms with Crippen LogP contribution in [0.1, 0.15) is 94.0 Å². The average Bonchev–Trinajstić information content (AvgIpc) is 3.00. The number of aliphatic hydroxyl groups excluding tert-OH is 1. The van der Waals surface area contributed by atoms with Crippen molar-refractivity contribution < 1.29 is 19.4 Å². The van der Waals surface area contributed by atoms with Crippen LogP contribution in [0.4, 0.5) is 0 Å². The summed E-state index contributed by atoms with van der Waals surface area (Å²) in [6.07, 6.45) is 13.4. The summed E-state index contributed by atoms with van der Waals surface area (Å²) in [4.78, 5) is 11.0. The first-order chi connectivity index (χ1) is 19.7. The van der Waals surface area contributed by atoms with E-state index in [0.717, 1.165) is 76.5 Å². The first-order valence-corrected chi connectivity index (χ1v) is 15.1. The highest BCUT2D eigenvalue weighted by Crippen LogP contribution is 2.25. The minimum Gasteiger partial charge on any atom is -0.494 e. The maximum atomic E-state index is 11.0. The normalized spacial score (nSPS) is 10.8. The predicted molar refractivity (Wildman–Crippen MR) is 168 cm³/mol. The fraction of sp³-hybridized carbons (Fsp3) is 0.417. The van der Waals surface area contributed by atoms with Crippen LogP contribution in [0.15, 0.2) is 72.8 Å². The van der Waals surface area contributed by atoms with E-state index in [4.69, 9.17) is 9.47 Å². The summed E-state index contributed by atoms with van der Waals surface area (Å²) in [5.74, 6) is 1.80. The monoisotopic (exact) mass is 542 g/mol. The van der Waals surface area contributed by atoms with Crippen molar-refractivity contribution >= 4 is 27.8 Å². The SMILES string of the molecule is CCCCCCCOc1ccc2c(C=O)cccc2c1.CCCCCCCOc1ccc2c(CO)cccc2c1. The molecule has 0 aliphatic carbocycles. The number of ether oxygens (including phenoxy) is 2. The van der Waals surface area contributed by atoms with Crippen molar-refractivity contribution in [2.24, 2.45) is 0 Å². The van der Waals surface area contributed by atoms with Crippen molar-refractivity contribution in [3.63, 3.8) is 0 Å². The molecule has 0 bridgehead atoms. The number of hydrogen-bond acceptors (Lipinski definition) is 4. The molecule has 4 aromatic rings. The summed E-state index contributed by atoms with van der Waals surface area (Å²) in [6, 6.07) is 23.7. The minimum absolute atomic E-state index is 0.0783. The Bertz CT molecular complexity index is 1300. The van der Waals surface area contributed by atoms with E-state index in [1.165, 1.54) is 51.4 Å². The lowest BCUT2D eigenvalue weighted by atomic mass is 10.0. The van der Waals surface area contributed by atoms with Gasteiger partial charge in [0.15, 0.2) is 6.29 Å². The van der Waals surface area contributed by atoms with Crippen LogP contribution in [-0.2, 0) is 6.61 Å². The Labute approximate surface area is 240 Å². The maximum absolute atomic E-state index is 11.0. The van der Waals surface area contributed by atoms with Crippen LogP contribution in [0.25, 0.3) is 21.5 Å². The molecule has 0 aliphatic rings. The number of rotatable bonds is 16. The van der Waals surface area contributed by atoms with Crippen molar-refractivity contribution in [3.8, 4) is 11.5 Å². The second-order valence-electron chi connectivity index (χ2n) is 10.3. The fourth-order valence-electron chi connectivity index (χ4n) is 4.83. The summed E-state index contributed by atoms with van der Waals surface area (Å²) in [5.41, 5.74) is 1.70. The molecule has 0 aromatic heterocycles. The van der Waals surface area contributed by atoms with Crippen molar-refractivity contribution in [2.75, 3.05) is 13.2 Å². The van der Waals surface area contributed by atoms with Gasteiger partial charge in [-0.2, -0.15) is 0 Å². The highest BCUT2D eigenvalue weighted by molar-refractivity contribution is 5.98. The Hall–Kier alpha value is -3.37. The number of carbonyl (C=O) groups is 1. The topological polar surface area (TPSA) is 55.8 Å². The van der Waals surface area contributed by atoms with Gasteiger partial charge in [-0.3, -0.25) is 4.79 Å². The van der Waals surface area contributed by atoms with Crippen molar-refractivity contribution in [1.82, 2.24) is 0 Å². The maximum Gasteiger partial charge on any atom is 0.150 e. The molecule has 0 unspecified atom stereocenters. The number of aliphatic hydroxyl groups is 1. The van der Waals surface area contributed by atoms with Gasteiger partial charge in [0, 0.05) is 5.56 Å². The number of hydrogen-bond donors (Lipinski definition) is 1. The fourth-order valence-corrected chi connectivity index (χ4v) is 4.83. The Morgan fingerprint density at radius 3 is 1.70 bits per heavy atom. The molecule has 4 heteroatoms. The zero-order valence-electron chi connectivity index (χ0n) is 24.4. The summed E-state index contributed by atoms with van der Waals surface area (Å²) in [5, 5.41) is 13.6. The third-order valence-corrected chi connectivity index (χ3v) is 7.16. The number of benzene rings is 4. The molecule has 0 fully saturated rings. The quantitative estimate of drug-likeness (QED) is 0.113. The largest absolute Gasteiger partial charge is 0.494 e. The summed E-state index contributed by atoms with van der Waals surface area (Å²) < 4.78 is 11.6. The van der Waals surface area contributed by atoms with Crippen LogP contribution in [0.5, 0.6) is 11.5 Å². The smallest absolute Gasteiger partial charge is 0.150 e. The number of aldehydes is 1. The van der Waals surface area contributed by atoms with E-state index < -0.39 is 0 Å². The Balaban J connectivity index is 0.000000220. The molecule has 4 nitrogen and oxygen atoms in total. The van der Waals surface area contributed by atoms with Crippen LogP contribution in [0.3, 0.4) is 0 Å². The van der Waals surface area contributed by atoms with Crippen LogP contribution in [0.2, 0.25) is 0 Å². The molecule has 214 valence electrons. The van der Waals surface area contributed by atoms with E-state index in [-0.39, 0.29) is 6.61 Å². The second-order valence-corrected chi connectivity index (χ2v) is 10.3. The third-order valence-electron chi connectivity index (χ3n) is 7.16. The summed E-state index contributed by atoms with van der Waals surface area (Å²) >= 11 is 0. The Morgan fingerprint density at radius 1 is 0.625 bits per heavy atom. The molecule has 4 aromatic carbocycles. The molecule has 0 aliphatic heterocycles. The van der Waals surface area contributed by atoms with Crippen LogP contribution >= 0.6 is 0 Å². The molecule has 0 atom stereocenters. The number of fused-ring (bicyclic) bond motifs is 2. The lowest BCUT2D eigenvalue weighted by molar-refractivity contribution is 0.112. The van der Waals surface area contributed by atoms with Crippen LogP contribution < -0.4 is 9.47 Å². The molecule has 40 heavy (non-hydrogen) atoms. The molecule has 0 amide bonds. The van der Waals surface area contributed by atoms with E-state index in [2.05, 4.69) is 26.0 Å². The van der Waals surface area contributed by atoms with Gasteiger partial charge in [-0.05, 0) is 70.3 Å². The van der Waals surface area contributed by atoms with Gasteiger partial charge in [-0.25, -0.2) is 0 Å². The highest BCUT2D eigenvalue weighted by atomic mass is 16.5. The van der Waals surface area contributed by atoms with E-state index in [1.54, 1.807) is 0 Å². The van der Waals surface area contributed by atoms with Crippen molar-refractivity contribution in [3.05, 3.63) is 83.9 Å². The first-order valence-electron chi connectivity index (χ1n) is 15.1. The molecule has 0 saturated carbocycles.